The molecule has 39 heavy (non-hydrogen) atoms. The summed E-state index contributed by atoms with van der Waals surface area (Å²) in [4.78, 5) is 19.2. The Morgan fingerprint density at radius 2 is 1.72 bits per heavy atom. The van der Waals surface area contributed by atoms with Crippen molar-refractivity contribution < 1.29 is 9.13 Å². The first-order valence-electron chi connectivity index (χ1n) is 14.4. The first-order valence-corrected chi connectivity index (χ1v) is 14.4. The van der Waals surface area contributed by atoms with Gasteiger partial charge in [-0.1, -0.05) is 42.5 Å². The van der Waals surface area contributed by atoms with Crippen molar-refractivity contribution in [2.24, 2.45) is 0 Å². The summed E-state index contributed by atoms with van der Waals surface area (Å²) in [5.74, 6) is 0.313. The van der Waals surface area contributed by atoms with Gasteiger partial charge in [0, 0.05) is 36.9 Å². The molecule has 2 aromatic heterocycles. The summed E-state index contributed by atoms with van der Waals surface area (Å²) in [7, 11) is 0. The molecule has 2 aromatic carbocycles. The zero-order valence-electron chi connectivity index (χ0n) is 22.1. The number of rotatable bonds is 5. The Bertz CT molecular complexity index is 1550. The van der Waals surface area contributed by atoms with Crippen molar-refractivity contribution >= 4 is 27.5 Å². The minimum atomic E-state index is -0.419. The Morgan fingerprint density at radius 3 is 2.54 bits per heavy atom. The number of hydrogen-bond donors (Lipinski definition) is 1. The highest BCUT2D eigenvalue weighted by Crippen LogP contribution is 2.40. The van der Waals surface area contributed by atoms with Gasteiger partial charge in [0.15, 0.2) is 5.82 Å². The van der Waals surface area contributed by atoms with Crippen molar-refractivity contribution in [2.75, 3.05) is 37.7 Å². The number of ether oxygens (including phenoxy) is 1. The third kappa shape index (κ3) is 3.87. The van der Waals surface area contributed by atoms with Gasteiger partial charge in [0.05, 0.1) is 10.9 Å². The van der Waals surface area contributed by atoms with E-state index in [0.717, 1.165) is 74.0 Å². The Hall–Kier alpha value is -3.36. The molecule has 4 aromatic rings. The van der Waals surface area contributed by atoms with Crippen molar-refractivity contribution in [1.82, 2.24) is 25.2 Å². The van der Waals surface area contributed by atoms with Gasteiger partial charge in [0.1, 0.15) is 23.6 Å². The van der Waals surface area contributed by atoms with Crippen LogP contribution < -0.4 is 15.0 Å². The van der Waals surface area contributed by atoms with E-state index in [1.54, 1.807) is 6.20 Å². The maximum atomic E-state index is 16.5. The van der Waals surface area contributed by atoms with Crippen LogP contribution in [0.3, 0.4) is 0 Å². The first-order chi connectivity index (χ1) is 19.2. The van der Waals surface area contributed by atoms with Crippen LogP contribution in [0.15, 0.2) is 48.7 Å². The molecule has 6 heterocycles. The molecule has 8 rings (SSSR count). The predicted molar refractivity (Wildman–Crippen MR) is 151 cm³/mol. The van der Waals surface area contributed by atoms with Gasteiger partial charge in [0.25, 0.3) is 0 Å². The number of benzene rings is 2. The number of nitrogens with zero attached hydrogens (tertiary/aromatic N) is 5. The highest BCUT2D eigenvalue weighted by Gasteiger charge is 2.45. The van der Waals surface area contributed by atoms with E-state index in [-0.39, 0.29) is 17.1 Å². The van der Waals surface area contributed by atoms with E-state index in [1.807, 2.05) is 42.5 Å². The van der Waals surface area contributed by atoms with E-state index in [1.165, 1.54) is 12.8 Å². The third-order valence-corrected chi connectivity index (χ3v) is 9.49. The molecular formula is C31H33FN6O. The molecule has 1 N–H and O–H groups in total. The number of aromatic nitrogens is 3. The maximum absolute atomic E-state index is 16.5. The van der Waals surface area contributed by atoms with Gasteiger partial charge >= 0.3 is 6.01 Å². The van der Waals surface area contributed by atoms with Gasteiger partial charge in [-0.15, -0.1) is 0 Å². The lowest BCUT2D eigenvalue weighted by molar-refractivity contribution is 0.108. The van der Waals surface area contributed by atoms with Crippen LogP contribution in [-0.4, -0.2) is 70.3 Å². The fraction of sp³-hybridized carbons (Fsp3) is 0.452. The summed E-state index contributed by atoms with van der Waals surface area (Å²) >= 11 is 0. The van der Waals surface area contributed by atoms with Crippen molar-refractivity contribution in [1.29, 1.82) is 0 Å². The molecule has 4 fully saturated rings. The van der Waals surface area contributed by atoms with Gasteiger partial charge in [-0.2, -0.15) is 9.97 Å². The average Bonchev–Trinajstić information content (AvgIpc) is 3.65. The molecule has 2 bridgehead atoms. The van der Waals surface area contributed by atoms with Crippen LogP contribution in [-0.2, 0) is 0 Å². The molecule has 7 nitrogen and oxygen atoms in total. The van der Waals surface area contributed by atoms with Gasteiger partial charge < -0.3 is 15.0 Å². The smallest absolute Gasteiger partial charge is 0.319 e. The summed E-state index contributed by atoms with van der Waals surface area (Å²) in [5.41, 5.74) is 1.43. The van der Waals surface area contributed by atoms with Crippen LogP contribution >= 0.6 is 0 Å². The number of piperazine rings is 1. The maximum Gasteiger partial charge on any atom is 0.319 e. The molecule has 0 aliphatic carbocycles. The van der Waals surface area contributed by atoms with Crippen molar-refractivity contribution in [3.63, 3.8) is 0 Å². The fourth-order valence-electron chi connectivity index (χ4n) is 7.58. The molecule has 2 atom stereocenters. The molecule has 200 valence electrons. The summed E-state index contributed by atoms with van der Waals surface area (Å²) < 4.78 is 22.9. The quantitative estimate of drug-likeness (QED) is 0.397. The standard InChI is InChI=1S/C31H33FN6O/c32-26-27(24-9-3-7-20-6-1-2-8-23(20)24)33-16-25-28(26)35-30(39-19-31-12-4-14-38(31)15-5-13-31)36-29(25)37-17-21-10-11-22(18-37)34-21/h1-3,6-9,16,21-22,34H,4-5,10-15,17-19H2. The number of halogens is 1. The van der Waals surface area contributed by atoms with E-state index in [9.17, 15) is 0 Å². The Morgan fingerprint density at radius 1 is 0.949 bits per heavy atom. The second kappa shape index (κ2) is 9.10. The van der Waals surface area contributed by atoms with E-state index in [4.69, 9.17) is 14.7 Å². The van der Waals surface area contributed by atoms with Crippen LogP contribution in [0.1, 0.15) is 38.5 Å². The lowest BCUT2D eigenvalue weighted by atomic mass is 9.95. The molecule has 4 aliphatic heterocycles. The molecule has 4 saturated heterocycles. The molecule has 0 radical (unpaired) electrons. The first kappa shape index (κ1) is 23.5. The van der Waals surface area contributed by atoms with Crippen LogP contribution in [0.25, 0.3) is 32.9 Å². The van der Waals surface area contributed by atoms with Gasteiger partial charge in [-0.3, -0.25) is 9.88 Å². The largest absolute Gasteiger partial charge is 0.461 e. The molecule has 8 heteroatoms. The van der Waals surface area contributed by atoms with Crippen molar-refractivity contribution in [3.05, 3.63) is 54.5 Å². The van der Waals surface area contributed by atoms with E-state index >= 15 is 4.39 Å². The predicted octanol–water partition coefficient (Wildman–Crippen LogP) is 4.93. The second-order valence-electron chi connectivity index (χ2n) is 11.8. The summed E-state index contributed by atoms with van der Waals surface area (Å²) in [6.45, 7) is 4.49. The minimum Gasteiger partial charge on any atom is -0.461 e. The van der Waals surface area contributed by atoms with Gasteiger partial charge in [0.2, 0.25) is 0 Å². The second-order valence-corrected chi connectivity index (χ2v) is 11.8. The van der Waals surface area contributed by atoms with Gasteiger partial charge in [-0.25, -0.2) is 4.39 Å². The zero-order valence-corrected chi connectivity index (χ0v) is 22.1. The molecule has 2 unspecified atom stereocenters. The zero-order chi connectivity index (χ0) is 26.0. The number of pyridine rings is 1. The summed E-state index contributed by atoms with van der Waals surface area (Å²) in [6.07, 6.45) is 8.74. The number of anilines is 1. The fourth-order valence-corrected chi connectivity index (χ4v) is 7.58. The SMILES string of the molecule is Fc1c(-c2cccc3ccccc23)ncc2c(N3CC4CCC(C3)N4)nc(OCC34CCCN3CCC4)nc12. The Labute approximate surface area is 227 Å². The van der Waals surface area contributed by atoms with Crippen LogP contribution in [0.2, 0.25) is 0 Å². The monoisotopic (exact) mass is 524 g/mol. The average molecular weight is 525 g/mol. The van der Waals surface area contributed by atoms with E-state index < -0.39 is 5.82 Å². The number of hydrogen-bond acceptors (Lipinski definition) is 7. The highest BCUT2D eigenvalue weighted by atomic mass is 19.1. The topological polar surface area (TPSA) is 66.4 Å². The normalized spacial score (nSPS) is 24.1. The molecule has 0 spiro atoms. The molecule has 0 amide bonds. The number of nitrogens with one attached hydrogen (secondary N) is 1. The van der Waals surface area contributed by atoms with Crippen LogP contribution in [0.4, 0.5) is 10.2 Å². The van der Waals surface area contributed by atoms with Crippen molar-refractivity contribution in [2.45, 2.75) is 56.1 Å². The molecule has 0 saturated carbocycles. The third-order valence-electron chi connectivity index (χ3n) is 9.49. The highest BCUT2D eigenvalue weighted by molar-refractivity contribution is 5.99. The lowest BCUT2D eigenvalue weighted by Gasteiger charge is -2.34. The Balaban J connectivity index is 1.24. The van der Waals surface area contributed by atoms with Crippen LogP contribution in [0, 0.1) is 5.82 Å². The number of fused-ring (bicyclic) bond motifs is 5. The van der Waals surface area contributed by atoms with E-state index in [0.29, 0.717) is 29.8 Å². The Kier molecular flexibility index (Phi) is 5.49. The van der Waals surface area contributed by atoms with E-state index in [2.05, 4.69) is 20.1 Å². The minimum absolute atomic E-state index is 0.0670. The lowest BCUT2D eigenvalue weighted by Crippen LogP contribution is -2.51. The van der Waals surface area contributed by atoms with Gasteiger partial charge in [-0.05, 0) is 62.4 Å². The summed E-state index contributed by atoms with van der Waals surface area (Å²) in [5, 5.41) is 6.35. The van der Waals surface area contributed by atoms with Crippen molar-refractivity contribution in [3.8, 4) is 17.3 Å². The van der Waals surface area contributed by atoms with Crippen LogP contribution in [0.5, 0.6) is 6.01 Å². The molecular weight excluding hydrogens is 491 g/mol. The molecule has 4 aliphatic rings. The summed E-state index contributed by atoms with van der Waals surface area (Å²) in [6, 6.07) is 15.1.